The van der Waals surface area contributed by atoms with Crippen LogP contribution in [0.3, 0.4) is 0 Å². The standard InChI is InChI=1S/C21H18N4O2S/c1-13-8-6-7-11-17(13)23-19(26)14(2)28-21-24-18(15-9-4-3-5-10-15)16(12-22)20(27)25-21/h3-11,14H,1-2H3,(H,23,26)(H,24,25,27). The molecule has 0 aliphatic rings. The monoisotopic (exact) mass is 390 g/mol. The Morgan fingerprint density at radius 2 is 1.86 bits per heavy atom. The summed E-state index contributed by atoms with van der Waals surface area (Å²) in [5.41, 5.74) is 2.11. The molecule has 0 saturated heterocycles. The number of thioether (sulfide) groups is 1. The Morgan fingerprint density at radius 3 is 2.54 bits per heavy atom. The average molecular weight is 390 g/mol. The van der Waals surface area contributed by atoms with Crippen LogP contribution in [0, 0.1) is 18.3 Å². The fourth-order valence-electron chi connectivity index (χ4n) is 2.59. The van der Waals surface area contributed by atoms with Crippen molar-refractivity contribution in [2.24, 2.45) is 0 Å². The number of rotatable bonds is 5. The predicted molar refractivity (Wildman–Crippen MR) is 110 cm³/mol. The first-order valence-electron chi connectivity index (χ1n) is 8.62. The highest BCUT2D eigenvalue weighted by atomic mass is 32.2. The maximum atomic E-state index is 12.5. The van der Waals surface area contributed by atoms with Gasteiger partial charge in [-0.25, -0.2) is 4.98 Å². The van der Waals surface area contributed by atoms with E-state index in [4.69, 9.17) is 0 Å². The number of nitrogens with zero attached hydrogens (tertiary/aromatic N) is 2. The minimum Gasteiger partial charge on any atom is -0.325 e. The number of aromatic amines is 1. The third-order valence-corrected chi connectivity index (χ3v) is 5.10. The van der Waals surface area contributed by atoms with Crippen molar-refractivity contribution in [3.8, 4) is 17.3 Å². The van der Waals surface area contributed by atoms with Crippen molar-refractivity contribution < 1.29 is 4.79 Å². The molecule has 0 fully saturated rings. The molecule has 0 radical (unpaired) electrons. The zero-order valence-electron chi connectivity index (χ0n) is 15.4. The topological polar surface area (TPSA) is 98.6 Å². The van der Waals surface area contributed by atoms with Gasteiger partial charge in [0.25, 0.3) is 5.56 Å². The molecule has 0 spiro atoms. The van der Waals surface area contributed by atoms with Crippen LogP contribution in [0.25, 0.3) is 11.3 Å². The molecule has 1 unspecified atom stereocenters. The number of para-hydroxylation sites is 1. The zero-order valence-corrected chi connectivity index (χ0v) is 16.2. The zero-order chi connectivity index (χ0) is 20.1. The van der Waals surface area contributed by atoms with Gasteiger partial charge in [0.15, 0.2) is 5.16 Å². The Kier molecular flexibility index (Phi) is 5.92. The molecule has 1 amide bonds. The minimum atomic E-state index is -0.523. The van der Waals surface area contributed by atoms with E-state index in [0.29, 0.717) is 11.3 Å². The number of H-pyrrole nitrogens is 1. The van der Waals surface area contributed by atoms with Gasteiger partial charge in [-0.1, -0.05) is 60.3 Å². The van der Waals surface area contributed by atoms with Gasteiger partial charge in [-0.15, -0.1) is 0 Å². The van der Waals surface area contributed by atoms with Crippen molar-refractivity contribution in [1.82, 2.24) is 9.97 Å². The lowest BCUT2D eigenvalue weighted by atomic mass is 10.1. The van der Waals surface area contributed by atoms with Crippen LogP contribution in [-0.2, 0) is 4.79 Å². The highest BCUT2D eigenvalue weighted by Gasteiger charge is 2.19. The second-order valence-electron chi connectivity index (χ2n) is 6.14. The van der Waals surface area contributed by atoms with E-state index in [-0.39, 0.29) is 16.6 Å². The number of hydrogen-bond donors (Lipinski definition) is 2. The van der Waals surface area contributed by atoms with Crippen molar-refractivity contribution in [2.45, 2.75) is 24.3 Å². The van der Waals surface area contributed by atoms with Crippen molar-refractivity contribution in [1.29, 1.82) is 5.26 Å². The molecule has 28 heavy (non-hydrogen) atoms. The number of carbonyl (C=O) groups is 1. The van der Waals surface area contributed by atoms with Crippen LogP contribution in [0.5, 0.6) is 0 Å². The molecule has 0 aliphatic carbocycles. The summed E-state index contributed by atoms with van der Waals surface area (Å²) in [7, 11) is 0. The van der Waals surface area contributed by atoms with Crippen LogP contribution in [0.2, 0.25) is 0 Å². The lowest BCUT2D eigenvalue weighted by Crippen LogP contribution is -2.24. The van der Waals surface area contributed by atoms with Crippen LogP contribution in [0.4, 0.5) is 5.69 Å². The molecule has 140 valence electrons. The highest BCUT2D eigenvalue weighted by Crippen LogP contribution is 2.25. The number of nitriles is 1. The molecule has 0 saturated carbocycles. The SMILES string of the molecule is Cc1ccccc1NC(=O)C(C)Sc1nc(-c2ccccc2)c(C#N)c(=O)[nH]1. The van der Waals surface area contributed by atoms with E-state index in [1.165, 1.54) is 0 Å². The summed E-state index contributed by atoms with van der Waals surface area (Å²) in [6, 6.07) is 18.4. The van der Waals surface area contributed by atoms with E-state index in [0.717, 1.165) is 23.0 Å². The first-order chi connectivity index (χ1) is 13.5. The van der Waals surface area contributed by atoms with E-state index >= 15 is 0 Å². The Labute approximate surface area is 166 Å². The molecule has 1 aromatic heterocycles. The highest BCUT2D eigenvalue weighted by molar-refractivity contribution is 8.00. The predicted octanol–water partition coefficient (Wildman–Crippen LogP) is 3.74. The smallest absolute Gasteiger partial charge is 0.270 e. The average Bonchev–Trinajstić information content (AvgIpc) is 2.70. The summed E-state index contributed by atoms with van der Waals surface area (Å²) < 4.78 is 0. The Balaban J connectivity index is 1.85. The molecule has 6 nitrogen and oxygen atoms in total. The molecular formula is C21H18N4O2S. The molecule has 2 aromatic carbocycles. The van der Waals surface area contributed by atoms with E-state index in [9.17, 15) is 14.9 Å². The molecule has 7 heteroatoms. The summed E-state index contributed by atoms with van der Waals surface area (Å²) >= 11 is 1.13. The second kappa shape index (κ2) is 8.55. The fourth-order valence-corrected chi connectivity index (χ4v) is 3.38. The van der Waals surface area contributed by atoms with Gasteiger partial charge in [0.05, 0.1) is 10.9 Å². The second-order valence-corrected chi connectivity index (χ2v) is 7.47. The first kappa shape index (κ1) is 19.4. The van der Waals surface area contributed by atoms with Gasteiger partial charge < -0.3 is 10.3 Å². The van der Waals surface area contributed by atoms with Crippen molar-refractivity contribution in [2.75, 3.05) is 5.32 Å². The van der Waals surface area contributed by atoms with Crippen LogP contribution in [0.1, 0.15) is 18.1 Å². The quantitative estimate of drug-likeness (QED) is 0.511. The van der Waals surface area contributed by atoms with Gasteiger partial charge >= 0.3 is 0 Å². The third-order valence-electron chi connectivity index (χ3n) is 4.12. The maximum Gasteiger partial charge on any atom is 0.270 e. The lowest BCUT2D eigenvalue weighted by molar-refractivity contribution is -0.115. The van der Waals surface area contributed by atoms with Crippen LogP contribution in [0.15, 0.2) is 64.5 Å². The molecule has 3 rings (SSSR count). The fraction of sp³-hybridized carbons (Fsp3) is 0.143. The number of aryl methyl sites for hydroxylation is 1. The Bertz CT molecular complexity index is 1100. The molecule has 1 heterocycles. The normalized spacial score (nSPS) is 11.5. The van der Waals surface area contributed by atoms with Gasteiger partial charge in [-0.05, 0) is 25.5 Å². The number of anilines is 1. The van der Waals surface area contributed by atoms with E-state index in [2.05, 4.69) is 15.3 Å². The van der Waals surface area contributed by atoms with Gasteiger partial charge in [-0.2, -0.15) is 5.26 Å². The number of hydrogen-bond acceptors (Lipinski definition) is 5. The van der Waals surface area contributed by atoms with Gasteiger partial charge in [0.2, 0.25) is 5.91 Å². The number of amides is 1. The van der Waals surface area contributed by atoms with Crippen molar-refractivity contribution >= 4 is 23.4 Å². The Morgan fingerprint density at radius 1 is 1.18 bits per heavy atom. The minimum absolute atomic E-state index is 0.0486. The van der Waals surface area contributed by atoms with Crippen LogP contribution in [-0.4, -0.2) is 21.1 Å². The van der Waals surface area contributed by atoms with E-state index < -0.39 is 10.8 Å². The Hall–Kier alpha value is -3.37. The molecular weight excluding hydrogens is 372 g/mol. The molecule has 2 N–H and O–H groups in total. The summed E-state index contributed by atoms with van der Waals surface area (Å²) in [4.78, 5) is 31.9. The van der Waals surface area contributed by atoms with E-state index in [1.54, 1.807) is 19.1 Å². The number of nitrogens with one attached hydrogen (secondary N) is 2. The number of benzene rings is 2. The molecule has 1 atom stereocenters. The number of aromatic nitrogens is 2. The van der Waals surface area contributed by atoms with Crippen LogP contribution < -0.4 is 10.9 Å². The molecule has 3 aromatic rings. The summed E-state index contributed by atoms with van der Waals surface area (Å²) in [6.07, 6.45) is 0. The summed E-state index contributed by atoms with van der Waals surface area (Å²) in [5, 5.41) is 12.0. The molecule has 0 aliphatic heterocycles. The van der Waals surface area contributed by atoms with Crippen molar-refractivity contribution in [3.05, 3.63) is 76.1 Å². The molecule has 0 bridgehead atoms. The third kappa shape index (κ3) is 4.30. The van der Waals surface area contributed by atoms with Gasteiger partial charge in [0.1, 0.15) is 11.6 Å². The van der Waals surface area contributed by atoms with Crippen LogP contribution >= 0.6 is 11.8 Å². The first-order valence-corrected chi connectivity index (χ1v) is 9.50. The largest absolute Gasteiger partial charge is 0.325 e. The van der Waals surface area contributed by atoms with Gasteiger partial charge in [-0.3, -0.25) is 9.59 Å². The van der Waals surface area contributed by atoms with E-state index in [1.807, 2.05) is 55.5 Å². The number of carbonyl (C=O) groups excluding carboxylic acids is 1. The van der Waals surface area contributed by atoms with Gasteiger partial charge in [0, 0.05) is 11.3 Å². The van der Waals surface area contributed by atoms with Crippen molar-refractivity contribution in [3.63, 3.8) is 0 Å². The lowest BCUT2D eigenvalue weighted by Gasteiger charge is -2.13. The maximum absolute atomic E-state index is 12.5. The summed E-state index contributed by atoms with van der Waals surface area (Å²) in [6.45, 7) is 3.65. The summed E-state index contributed by atoms with van der Waals surface area (Å²) in [5.74, 6) is -0.201.